The van der Waals surface area contributed by atoms with Gasteiger partial charge in [0.15, 0.2) is 0 Å². The molecule has 1 atom stereocenters. The second-order valence-corrected chi connectivity index (χ2v) is 5.11. The van der Waals surface area contributed by atoms with Crippen molar-refractivity contribution >= 4 is 29.2 Å². The molecule has 0 fully saturated rings. The predicted octanol–water partition coefficient (Wildman–Crippen LogP) is 1.20. The predicted molar refractivity (Wildman–Crippen MR) is 73.3 cm³/mol. The minimum atomic E-state index is -1.67. The van der Waals surface area contributed by atoms with Gasteiger partial charge in [-0.05, 0) is 19.1 Å². The maximum Gasteiger partial charge on any atom is 0.306 e. The molecule has 0 spiro atoms. The number of carbonyl (C=O) groups excluding carboxylic acids is 1. The van der Waals surface area contributed by atoms with E-state index >= 15 is 0 Å². The minimum absolute atomic E-state index is 0.142. The first kappa shape index (κ1) is 16.9. The van der Waals surface area contributed by atoms with Crippen LogP contribution in [-0.4, -0.2) is 39.2 Å². The van der Waals surface area contributed by atoms with E-state index in [9.17, 15) is 24.8 Å². The number of aliphatic hydroxyl groups is 1. The number of carboxylic acids is 1. The number of halogens is 1. The van der Waals surface area contributed by atoms with E-state index in [0.717, 1.165) is 12.1 Å². The highest BCUT2D eigenvalue weighted by Gasteiger charge is 2.27. The second kappa shape index (κ2) is 6.51. The quantitative estimate of drug-likeness (QED) is 0.534. The molecule has 1 amide bonds. The lowest BCUT2D eigenvalue weighted by molar-refractivity contribution is -0.385. The normalized spacial score (nSPS) is 13.3. The lowest BCUT2D eigenvalue weighted by atomic mass is 10.0. The maximum atomic E-state index is 11.9. The Hall–Kier alpha value is -2.19. The lowest BCUT2D eigenvalue weighted by Crippen LogP contribution is -2.42. The van der Waals surface area contributed by atoms with E-state index in [2.05, 4.69) is 5.32 Å². The Morgan fingerprint density at radius 1 is 1.48 bits per heavy atom. The van der Waals surface area contributed by atoms with Crippen molar-refractivity contribution in [2.45, 2.75) is 18.9 Å². The summed E-state index contributed by atoms with van der Waals surface area (Å²) in [5.41, 5.74) is -2.37. The number of carbonyl (C=O) groups is 2. The van der Waals surface area contributed by atoms with Crippen LogP contribution in [0, 0.1) is 10.1 Å². The number of benzene rings is 1. The first-order chi connectivity index (χ1) is 9.62. The number of amides is 1. The molecule has 0 aliphatic rings. The molecule has 0 aliphatic heterocycles. The van der Waals surface area contributed by atoms with Crippen molar-refractivity contribution < 1.29 is 24.7 Å². The van der Waals surface area contributed by atoms with Gasteiger partial charge in [0.25, 0.3) is 11.6 Å². The van der Waals surface area contributed by atoms with Gasteiger partial charge >= 0.3 is 5.97 Å². The fourth-order valence-corrected chi connectivity index (χ4v) is 1.78. The van der Waals surface area contributed by atoms with Gasteiger partial charge < -0.3 is 15.5 Å². The van der Waals surface area contributed by atoms with Crippen LogP contribution in [0.1, 0.15) is 23.7 Å². The third-order valence-electron chi connectivity index (χ3n) is 2.56. The van der Waals surface area contributed by atoms with Gasteiger partial charge in [-0.15, -0.1) is 0 Å². The van der Waals surface area contributed by atoms with Crippen LogP contribution in [0.5, 0.6) is 0 Å². The number of nitrogens with one attached hydrogen (secondary N) is 1. The van der Waals surface area contributed by atoms with E-state index in [-0.39, 0.29) is 17.1 Å². The summed E-state index contributed by atoms with van der Waals surface area (Å²) in [6.07, 6.45) is -0.578. The van der Waals surface area contributed by atoms with E-state index in [4.69, 9.17) is 16.7 Å². The summed E-state index contributed by atoms with van der Waals surface area (Å²) in [6.45, 7) is 0.857. The van der Waals surface area contributed by atoms with Gasteiger partial charge in [0.1, 0.15) is 5.56 Å². The monoisotopic (exact) mass is 316 g/mol. The average molecular weight is 317 g/mol. The third-order valence-corrected chi connectivity index (χ3v) is 2.80. The van der Waals surface area contributed by atoms with Crippen LogP contribution in [0.15, 0.2) is 18.2 Å². The molecular formula is C12H13ClN2O6. The molecule has 3 N–H and O–H groups in total. The van der Waals surface area contributed by atoms with Crippen molar-refractivity contribution in [3.8, 4) is 0 Å². The van der Waals surface area contributed by atoms with E-state index in [1.54, 1.807) is 0 Å². The zero-order chi connectivity index (χ0) is 16.2. The Morgan fingerprint density at radius 3 is 2.62 bits per heavy atom. The summed E-state index contributed by atoms with van der Waals surface area (Å²) in [7, 11) is 0. The van der Waals surface area contributed by atoms with Crippen LogP contribution in [0.25, 0.3) is 0 Å². The van der Waals surface area contributed by atoms with Crippen LogP contribution < -0.4 is 5.32 Å². The first-order valence-electron chi connectivity index (χ1n) is 5.79. The van der Waals surface area contributed by atoms with Crippen molar-refractivity contribution in [1.29, 1.82) is 0 Å². The zero-order valence-corrected chi connectivity index (χ0v) is 11.8. The molecule has 1 unspecified atom stereocenters. The topological polar surface area (TPSA) is 130 Å². The number of nitro groups is 1. The van der Waals surface area contributed by atoms with Crippen molar-refractivity contribution in [2.24, 2.45) is 0 Å². The molecule has 0 aromatic heterocycles. The number of carboxylic acid groups (broad SMARTS) is 1. The van der Waals surface area contributed by atoms with Gasteiger partial charge in [-0.3, -0.25) is 19.7 Å². The van der Waals surface area contributed by atoms with Crippen LogP contribution in [-0.2, 0) is 4.79 Å². The van der Waals surface area contributed by atoms with Crippen LogP contribution in [0.2, 0.25) is 5.02 Å². The Bertz CT molecular complexity index is 587. The van der Waals surface area contributed by atoms with Crippen LogP contribution >= 0.6 is 11.6 Å². The van der Waals surface area contributed by atoms with Crippen molar-refractivity contribution in [3.05, 3.63) is 38.9 Å². The maximum absolute atomic E-state index is 11.9. The van der Waals surface area contributed by atoms with Gasteiger partial charge in [-0.1, -0.05) is 11.6 Å². The Morgan fingerprint density at radius 2 is 2.10 bits per heavy atom. The van der Waals surface area contributed by atoms with Gasteiger partial charge in [-0.25, -0.2) is 0 Å². The summed E-state index contributed by atoms with van der Waals surface area (Å²) in [4.78, 5) is 32.6. The molecule has 1 rings (SSSR count). The molecule has 0 heterocycles. The van der Waals surface area contributed by atoms with Crippen LogP contribution in [0.4, 0.5) is 5.69 Å². The van der Waals surface area contributed by atoms with Crippen molar-refractivity contribution in [3.63, 3.8) is 0 Å². The van der Waals surface area contributed by atoms with Gasteiger partial charge in [0.05, 0.1) is 16.9 Å². The molecule has 8 nitrogen and oxygen atoms in total. The van der Waals surface area contributed by atoms with Crippen LogP contribution in [0.3, 0.4) is 0 Å². The molecule has 9 heteroatoms. The molecular weight excluding hydrogens is 304 g/mol. The molecule has 0 saturated heterocycles. The highest BCUT2D eigenvalue weighted by Crippen LogP contribution is 2.22. The lowest BCUT2D eigenvalue weighted by Gasteiger charge is -2.21. The SMILES string of the molecule is CC(O)(CNC(=O)c1cc(Cl)ccc1[N+](=O)[O-])CC(=O)O. The largest absolute Gasteiger partial charge is 0.481 e. The highest BCUT2D eigenvalue weighted by atomic mass is 35.5. The summed E-state index contributed by atoms with van der Waals surface area (Å²) in [6, 6.07) is 3.49. The van der Waals surface area contributed by atoms with E-state index in [1.807, 2.05) is 0 Å². The molecule has 1 aromatic rings. The summed E-state index contributed by atoms with van der Waals surface area (Å²) in [5, 5.41) is 31.6. The zero-order valence-electron chi connectivity index (χ0n) is 11.0. The number of aliphatic carboxylic acids is 1. The molecule has 0 radical (unpaired) electrons. The molecule has 0 saturated carbocycles. The number of hydrogen-bond donors (Lipinski definition) is 3. The molecule has 0 aliphatic carbocycles. The smallest absolute Gasteiger partial charge is 0.306 e. The molecule has 114 valence electrons. The number of nitrogens with zero attached hydrogens (tertiary/aromatic N) is 1. The Labute approximate surface area is 124 Å². The van der Waals surface area contributed by atoms with E-state index < -0.39 is 34.5 Å². The first-order valence-corrected chi connectivity index (χ1v) is 6.16. The fourth-order valence-electron chi connectivity index (χ4n) is 1.60. The summed E-state index contributed by atoms with van der Waals surface area (Å²) < 4.78 is 0. The number of hydrogen-bond acceptors (Lipinski definition) is 5. The Kier molecular flexibility index (Phi) is 5.23. The molecule has 0 bridgehead atoms. The number of rotatable bonds is 6. The van der Waals surface area contributed by atoms with Gasteiger partial charge in [0, 0.05) is 17.6 Å². The Balaban J connectivity index is 2.88. The number of nitro benzene ring substituents is 1. The molecule has 21 heavy (non-hydrogen) atoms. The van der Waals surface area contributed by atoms with Gasteiger partial charge in [0.2, 0.25) is 0 Å². The standard InChI is InChI=1S/C12H13ClN2O6/c1-12(19,5-10(16)17)6-14-11(18)8-4-7(13)2-3-9(8)15(20)21/h2-4,19H,5-6H2,1H3,(H,14,18)(H,16,17). The third kappa shape index (κ3) is 5.01. The highest BCUT2D eigenvalue weighted by molar-refractivity contribution is 6.31. The van der Waals surface area contributed by atoms with E-state index in [0.29, 0.717) is 0 Å². The average Bonchev–Trinajstić information content (AvgIpc) is 2.34. The van der Waals surface area contributed by atoms with Crippen molar-refractivity contribution in [2.75, 3.05) is 6.54 Å². The molecule has 1 aromatic carbocycles. The second-order valence-electron chi connectivity index (χ2n) is 4.67. The summed E-state index contributed by atoms with van der Waals surface area (Å²) in [5.74, 6) is -2.06. The summed E-state index contributed by atoms with van der Waals surface area (Å²) >= 11 is 5.69. The van der Waals surface area contributed by atoms with Crippen molar-refractivity contribution in [1.82, 2.24) is 5.32 Å². The fraction of sp³-hybridized carbons (Fsp3) is 0.333. The minimum Gasteiger partial charge on any atom is -0.481 e. The van der Waals surface area contributed by atoms with E-state index in [1.165, 1.54) is 13.0 Å². The van der Waals surface area contributed by atoms with Gasteiger partial charge in [-0.2, -0.15) is 0 Å².